The van der Waals surface area contributed by atoms with Crippen molar-refractivity contribution in [1.29, 1.82) is 0 Å². The summed E-state index contributed by atoms with van der Waals surface area (Å²) in [5.41, 5.74) is 11.5. The fourth-order valence-electron chi connectivity index (χ4n) is 2.64. The van der Waals surface area contributed by atoms with Crippen molar-refractivity contribution in [1.82, 2.24) is 9.78 Å². The lowest BCUT2D eigenvalue weighted by atomic mass is 10.0. The lowest BCUT2D eigenvalue weighted by Gasteiger charge is -2.13. The van der Waals surface area contributed by atoms with Gasteiger partial charge in [0.25, 0.3) is 17.2 Å². The van der Waals surface area contributed by atoms with E-state index in [0.29, 0.717) is 11.1 Å². The van der Waals surface area contributed by atoms with Crippen LogP contribution in [0.4, 0.5) is 11.4 Å². The highest BCUT2D eigenvalue weighted by atomic mass is 16.6. The summed E-state index contributed by atoms with van der Waals surface area (Å²) in [5.74, 6) is -0.849. The molecule has 0 fully saturated rings. The maximum Gasteiger partial charge on any atom is 0.291 e. The number of anilines is 1. The highest BCUT2D eigenvalue weighted by Gasteiger charge is 2.20. The quantitative estimate of drug-likeness (QED) is 0.518. The Morgan fingerprint density at radius 1 is 1.11 bits per heavy atom. The second kappa shape index (κ2) is 7.08. The minimum absolute atomic E-state index is 0.0277. The van der Waals surface area contributed by atoms with E-state index in [2.05, 4.69) is 5.10 Å². The molecule has 0 unspecified atom stereocenters. The van der Waals surface area contributed by atoms with Gasteiger partial charge < -0.3 is 11.5 Å². The van der Waals surface area contributed by atoms with E-state index >= 15 is 0 Å². The van der Waals surface area contributed by atoms with Crippen molar-refractivity contribution in [2.75, 3.05) is 5.73 Å². The van der Waals surface area contributed by atoms with Gasteiger partial charge in [-0.3, -0.25) is 19.7 Å². The van der Waals surface area contributed by atoms with E-state index in [1.54, 1.807) is 30.3 Å². The van der Waals surface area contributed by atoms with Crippen LogP contribution in [0.25, 0.3) is 11.3 Å². The minimum atomic E-state index is -0.849. The number of hydrogen-bond acceptors (Lipinski definition) is 6. The van der Waals surface area contributed by atoms with E-state index in [1.807, 2.05) is 0 Å². The van der Waals surface area contributed by atoms with Crippen molar-refractivity contribution >= 4 is 17.3 Å². The largest absolute Gasteiger partial charge is 0.393 e. The third-order valence-corrected chi connectivity index (χ3v) is 3.96. The first kappa shape index (κ1) is 17.8. The van der Waals surface area contributed by atoms with E-state index in [0.717, 1.165) is 4.68 Å². The van der Waals surface area contributed by atoms with Crippen LogP contribution in [0.15, 0.2) is 59.4 Å². The average Bonchev–Trinajstić information content (AvgIpc) is 2.66. The van der Waals surface area contributed by atoms with Crippen molar-refractivity contribution in [2.45, 2.75) is 6.54 Å². The van der Waals surface area contributed by atoms with Crippen LogP contribution in [0.3, 0.4) is 0 Å². The summed E-state index contributed by atoms with van der Waals surface area (Å²) in [6.07, 6.45) is 0. The van der Waals surface area contributed by atoms with Gasteiger partial charge in [0.05, 0.1) is 17.0 Å². The summed E-state index contributed by atoms with van der Waals surface area (Å²) in [4.78, 5) is 34.6. The summed E-state index contributed by atoms with van der Waals surface area (Å²) < 4.78 is 1.10. The highest BCUT2D eigenvalue weighted by Crippen LogP contribution is 2.23. The van der Waals surface area contributed by atoms with E-state index < -0.39 is 16.4 Å². The standard InChI is InChI=1S/C18H15N5O4/c19-15-14(17(20)24)16(12-4-2-1-3-5-12)21-22(18(15)25)10-11-6-8-13(9-7-11)23(26)27/h1-9H,10,19H2,(H2,20,24). The zero-order valence-corrected chi connectivity index (χ0v) is 14.0. The normalized spacial score (nSPS) is 10.5. The number of nitro benzene ring substituents is 1. The van der Waals surface area contributed by atoms with Crippen molar-refractivity contribution < 1.29 is 9.72 Å². The van der Waals surface area contributed by atoms with Crippen molar-refractivity contribution in [3.63, 3.8) is 0 Å². The first-order valence-electron chi connectivity index (χ1n) is 7.87. The summed E-state index contributed by atoms with van der Waals surface area (Å²) in [6, 6.07) is 14.4. The Balaban J connectivity index is 2.11. The summed E-state index contributed by atoms with van der Waals surface area (Å²) >= 11 is 0. The number of rotatable bonds is 5. The summed E-state index contributed by atoms with van der Waals surface area (Å²) in [6.45, 7) is 0.0277. The smallest absolute Gasteiger partial charge is 0.291 e. The lowest BCUT2D eigenvalue weighted by molar-refractivity contribution is -0.384. The van der Waals surface area contributed by atoms with E-state index in [1.165, 1.54) is 24.3 Å². The number of nitrogens with two attached hydrogens (primary N) is 2. The molecular formula is C18H15N5O4. The molecule has 2 aromatic carbocycles. The number of carbonyl (C=O) groups excluding carboxylic acids is 1. The Morgan fingerprint density at radius 3 is 2.30 bits per heavy atom. The molecule has 0 spiro atoms. The van der Waals surface area contributed by atoms with E-state index in [9.17, 15) is 19.7 Å². The van der Waals surface area contributed by atoms with Gasteiger partial charge in [0, 0.05) is 17.7 Å². The Labute approximate surface area is 153 Å². The molecule has 0 aliphatic carbocycles. The predicted molar refractivity (Wildman–Crippen MR) is 99.1 cm³/mol. The van der Waals surface area contributed by atoms with Gasteiger partial charge in [0.15, 0.2) is 0 Å². The molecule has 4 N–H and O–H groups in total. The second-order valence-electron chi connectivity index (χ2n) is 5.75. The first-order valence-corrected chi connectivity index (χ1v) is 7.87. The molecule has 9 nitrogen and oxygen atoms in total. The number of amides is 1. The van der Waals surface area contributed by atoms with Gasteiger partial charge in [-0.1, -0.05) is 42.5 Å². The number of nitrogen functional groups attached to an aromatic ring is 1. The molecule has 0 aliphatic rings. The molecule has 0 radical (unpaired) electrons. The molecule has 3 aromatic rings. The zero-order chi connectivity index (χ0) is 19.6. The monoisotopic (exact) mass is 365 g/mol. The molecule has 0 atom stereocenters. The fraction of sp³-hybridized carbons (Fsp3) is 0.0556. The molecule has 1 amide bonds. The molecule has 27 heavy (non-hydrogen) atoms. The predicted octanol–water partition coefficient (Wildman–Crippen LogP) is 1.55. The molecule has 0 aliphatic heterocycles. The SMILES string of the molecule is NC(=O)c1c(-c2ccccc2)nn(Cc2ccc([N+](=O)[O-])cc2)c(=O)c1N. The van der Waals surface area contributed by atoms with E-state index in [-0.39, 0.29) is 29.2 Å². The lowest BCUT2D eigenvalue weighted by Crippen LogP contribution is -2.31. The van der Waals surface area contributed by atoms with Crippen LogP contribution in [-0.4, -0.2) is 20.6 Å². The van der Waals surface area contributed by atoms with Crippen LogP contribution >= 0.6 is 0 Å². The molecular weight excluding hydrogens is 350 g/mol. The number of benzene rings is 2. The van der Waals surface area contributed by atoms with Gasteiger partial charge in [0.2, 0.25) is 0 Å². The van der Waals surface area contributed by atoms with Gasteiger partial charge in [-0.05, 0) is 5.56 Å². The highest BCUT2D eigenvalue weighted by molar-refractivity contribution is 6.03. The van der Waals surface area contributed by atoms with Gasteiger partial charge in [-0.2, -0.15) is 5.10 Å². The maximum atomic E-state index is 12.5. The second-order valence-corrected chi connectivity index (χ2v) is 5.75. The molecule has 0 saturated heterocycles. The number of nitrogens with zero attached hydrogens (tertiary/aromatic N) is 3. The number of non-ortho nitro benzene ring substituents is 1. The van der Waals surface area contributed by atoms with Crippen LogP contribution in [-0.2, 0) is 6.54 Å². The molecule has 1 heterocycles. The zero-order valence-electron chi connectivity index (χ0n) is 14.0. The van der Waals surface area contributed by atoms with Crippen molar-refractivity contribution in [3.05, 3.63) is 86.2 Å². The molecule has 136 valence electrons. The molecule has 1 aromatic heterocycles. The Hall–Kier alpha value is -4.01. The van der Waals surface area contributed by atoms with Gasteiger partial charge >= 0.3 is 0 Å². The Bertz CT molecular complexity index is 1080. The van der Waals surface area contributed by atoms with Gasteiger partial charge in [0.1, 0.15) is 11.4 Å². The maximum absolute atomic E-state index is 12.5. The number of hydrogen-bond donors (Lipinski definition) is 2. The number of aromatic nitrogens is 2. The summed E-state index contributed by atoms with van der Waals surface area (Å²) in [7, 11) is 0. The average molecular weight is 365 g/mol. The number of carbonyl (C=O) groups is 1. The first-order chi connectivity index (χ1) is 12.9. The van der Waals surface area contributed by atoms with Crippen LogP contribution in [0.5, 0.6) is 0 Å². The fourth-order valence-corrected chi connectivity index (χ4v) is 2.64. The van der Waals surface area contributed by atoms with Crippen molar-refractivity contribution in [3.8, 4) is 11.3 Å². The van der Waals surface area contributed by atoms with E-state index in [4.69, 9.17) is 11.5 Å². The van der Waals surface area contributed by atoms with Crippen LogP contribution < -0.4 is 17.0 Å². The van der Waals surface area contributed by atoms with Crippen LogP contribution in [0, 0.1) is 10.1 Å². The topological polar surface area (TPSA) is 147 Å². The number of nitro groups is 1. The Morgan fingerprint density at radius 2 is 1.74 bits per heavy atom. The molecule has 9 heteroatoms. The third-order valence-electron chi connectivity index (χ3n) is 3.96. The number of primary amides is 1. The molecule has 0 bridgehead atoms. The minimum Gasteiger partial charge on any atom is -0.393 e. The van der Waals surface area contributed by atoms with Gasteiger partial charge in [-0.15, -0.1) is 0 Å². The van der Waals surface area contributed by atoms with Gasteiger partial charge in [-0.25, -0.2) is 4.68 Å². The third kappa shape index (κ3) is 3.52. The molecule has 3 rings (SSSR count). The Kier molecular flexibility index (Phi) is 4.67. The van der Waals surface area contributed by atoms with Crippen molar-refractivity contribution in [2.24, 2.45) is 5.73 Å². The molecule has 0 saturated carbocycles. The van der Waals surface area contributed by atoms with Crippen LogP contribution in [0.1, 0.15) is 15.9 Å². The van der Waals surface area contributed by atoms with Crippen LogP contribution in [0.2, 0.25) is 0 Å². The summed E-state index contributed by atoms with van der Waals surface area (Å²) in [5, 5.41) is 15.0.